The Labute approximate surface area is 200 Å². The number of nitriles is 1. The SMILES string of the molecule is C#Cc1nc(NC(=O)NCC(OC(N)=O)c2ccc(-c3ccccc3)c(C3(C#N)CC3)c2)cs1. The molecule has 0 radical (unpaired) electrons. The van der Waals surface area contributed by atoms with Crippen molar-refractivity contribution in [2.24, 2.45) is 5.73 Å². The smallest absolute Gasteiger partial charge is 0.405 e. The number of terminal acetylenes is 1. The maximum Gasteiger partial charge on any atom is 0.405 e. The van der Waals surface area contributed by atoms with Crippen LogP contribution in [-0.2, 0) is 10.2 Å². The van der Waals surface area contributed by atoms with Gasteiger partial charge in [-0.05, 0) is 47.1 Å². The minimum absolute atomic E-state index is 0.0371. The molecule has 1 fully saturated rings. The summed E-state index contributed by atoms with van der Waals surface area (Å²) in [6, 6.07) is 17.3. The number of anilines is 1. The zero-order valence-electron chi connectivity index (χ0n) is 18.1. The van der Waals surface area contributed by atoms with Crippen molar-refractivity contribution in [3.05, 3.63) is 70.0 Å². The van der Waals surface area contributed by atoms with Gasteiger partial charge in [0.1, 0.15) is 11.9 Å². The number of benzene rings is 2. The fraction of sp³-hybridized carbons (Fsp3) is 0.200. The van der Waals surface area contributed by atoms with Crippen LogP contribution in [0, 0.1) is 23.7 Å². The van der Waals surface area contributed by atoms with Gasteiger partial charge in [0.2, 0.25) is 0 Å². The quantitative estimate of drug-likeness (QED) is 0.442. The molecule has 1 unspecified atom stereocenters. The van der Waals surface area contributed by atoms with Gasteiger partial charge in [-0.15, -0.1) is 17.8 Å². The molecule has 1 saturated carbocycles. The first kappa shape index (κ1) is 22.8. The van der Waals surface area contributed by atoms with Gasteiger partial charge in [-0.25, -0.2) is 14.6 Å². The highest BCUT2D eigenvalue weighted by Crippen LogP contribution is 2.51. The molecule has 9 heteroatoms. The Balaban J connectivity index is 1.58. The normalized spacial score (nSPS) is 14.2. The van der Waals surface area contributed by atoms with Crippen LogP contribution in [0.3, 0.4) is 0 Å². The number of aromatic nitrogens is 1. The minimum Gasteiger partial charge on any atom is -0.440 e. The number of ether oxygens (including phenoxy) is 1. The molecule has 1 atom stereocenters. The Morgan fingerprint density at radius 1 is 1.26 bits per heavy atom. The van der Waals surface area contributed by atoms with Crippen LogP contribution in [0.5, 0.6) is 0 Å². The number of amides is 3. The third-order valence-corrected chi connectivity index (χ3v) is 6.33. The van der Waals surface area contributed by atoms with E-state index in [1.165, 1.54) is 11.3 Å². The van der Waals surface area contributed by atoms with Crippen LogP contribution in [0.15, 0.2) is 53.9 Å². The van der Waals surface area contributed by atoms with Crippen LogP contribution in [0.1, 0.15) is 35.1 Å². The lowest BCUT2D eigenvalue weighted by atomic mass is 9.87. The van der Waals surface area contributed by atoms with Crippen molar-refractivity contribution in [2.45, 2.75) is 24.4 Å². The predicted molar refractivity (Wildman–Crippen MR) is 129 cm³/mol. The Morgan fingerprint density at radius 3 is 2.65 bits per heavy atom. The van der Waals surface area contributed by atoms with Gasteiger partial charge in [0, 0.05) is 5.38 Å². The monoisotopic (exact) mass is 471 g/mol. The van der Waals surface area contributed by atoms with Gasteiger partial charge >= 0.3 is 12.1 Å². The van der Waals surface area contributed by atoms with Gasteiger partial charge in [0.25, 0.3) is 0 Å². The van der Waals surface area contributed by atoms with E-state index in [4.69, 9.17) is 16.9 Å². The second kappa shape index (κ2) is 9.65. The second-order valence-corrected chi connectivity index (χ2v) is 8.67. The standard InChI is InChI=1S/C25H21N5O3S/c1-2-22-29-21(14-34-22)30-24(32)28-13-20(33-23(27)31)17-8-9-18(16-6-4-3-5-7-16)19(12-17)25(15-26)10-11-25/h1,3-9,12,14,20H,10-11,13H2,(H2,27,31)(H2,28,30,32). The van der Waals surface area contributed by atoms with Crippen molar-refractivity contribution in [3.63, 3.8) is 0 Å². The molecule has 8 nitrogen and oxygen atoms in total. The number of carbonyl (C=O) groups excluding carboxylic acids is 2. The van der Waals surface area contributed by atoms with Crippen LogP contribution in [0.2, 0.25) is 0 Å². The lowest BCUT2D eigenvalue weighted by Gasteiger charge is -2.21. The molecular weight excluding hydrogens is 450 g/mol. The number of urea groups is 1. The van der Waals surface area contributed by atoms with E-state index < -0.39 is 23.6 Å². The minimum atomic E-state index is -0.972. The average molecular weight is 472 g/mol. The van der Waals surface area contributed by atoms with E-state index in [2.05, 4.69) is 27.6 Å². The van der Waals surface area contributed by atoms with Crippen molar-refractivity contribution in [1.82, 2.24) is 10.3 Å². The van der Waals surface area contributed by atoms with Crippen molar-refractivity contribution in [3.8, 4) is 29.5 Å². The van der Waals surface area contributed by atoms with Crippen molar-refractivity contribution in [2.75, 3.05) is 11.9 Å². The summed E-state index contributed by atoms with van der Waals surface area (Å²) >= 11 is 1.23. The number of nitrogens with zero attached hydrogens (tertiary/aromatic N) is 2. The molecule has 34 heavy (non-hydrogen) atoms. The number of carbonyl (C=O) groups is 2. The summed E-state index contributed by atoms with van der Waals surface area (Å²) in [6.45, 7) is -0.0371. The molecule has 0 bridgehead atoms. The fourth-order valence-electron chi connectivity index (χ4n) is 3.70. The number of rotatable bonds is 7. The van der Waals surface area contributed by atoms with Gasteiger partial charge in [0.15, 0.2) is 5.01 Å². The molecule has 1 aliphatic rings. The van der Waals surface area contributed by atoms with Crippen molar-refractivity contribution < 1.29 is 14.3 Å². The maximum atomic E-state index is 12.3. The lowest BCUT2D eigenvalue weighted by molar-refractivity contribution is 0.107. The van der Waals surface area contributed by atoms with E-state index >= 15 is 0 Å². The van der Waals surface area contributed by atoms with Crippen LogP contribution >= 0.6 is 11.3 Å². The highest BCUT2D eigenvalue weighted by molar-refractivity contribution is 7.10. The zero-order valence-corrected chi connectivity index (χ0v) is 18.9. The fourth-order valence-corrected chi connectivity index (χ4v) is 4.26. The zero-order chi connectivity index (χ0) is 24.1. The first-order valence-corrected chi connectivity index (χ1v) is 11.4. The van der Waals surface area contributed by atoms with E-state index in [0.717, 1.165) is 29.5 Å². The number of hydrogen-bond donors (Lipinski definition) is 3. The summed E-state index contributed by atoms with van der Waals surface area (Å²) in [6.07, 6.45) is 4.98. The Hall–Kier alpha value is -4.34. The van der Waals surface area contributed by atoms with Crippen LogP contribution in [-0.4, -0.2) is 23.7 Å². The van der Waals surface area contributed by atoms with E-state index in [0.29, 0.717) is 16.4 Å². The van der Waals surface area contributed by atoms with Gasteiger partial charge < -0.3 is 15.8 Å². The summed E-state index contributed by atoms with van der Waals surface area (Å²) < 4.78 is 5.30. The predicted octanol–water partition coefficient (Wildman–Crippen LogP) is 4.30. The number of hydrogen-bond acceptors (Lipinski definition) is 6. The Bertz CT molecular complexity index is 1300. The molecule has 4 rings (SSSR count). The van der Waals surface area contributed by atoms with Gasteiger partial charge in [0.05, 0.1) is 18.0 Å². The van der Waals surface area contributed by atoms with Crippen LogP contribution in [0.25, 0.3) is 11.1 Å². The highest BCUT2D eigenvalue weighted by Gasteiger charge is 2.46. The van der Waals surface area contributed by atoms with Crippen molar-refractivity contribution in [1.29, 1.82) is 5.26 Å². The van der Waals surface area contributed by atoms with E-state index in [-0.39, 0.29) is 6.54 Å². The lowest BCUT2D eigenvalue weighted by Crippen LogP contribution is -2.34. The number of nitrogens with two attached hydrogens (primary N) is 1. The molecular formula is C25H21N5O3S. The second-order valence-electron chi connectivity index (χ2n) is 7.81. The molecule has 4 N–H and O–H groups in total. The maximum absolute atomic E-state index is 12.3. The number of thiazole rings is 1. The summed E-state index contributed by atoms with van der Waals surface area (Å²) in [4.78, 5) is 28.0. The molecule has 2 aromatic carbocycles. The van der Waals surface area contributed by atoms with Gasteiger partial charge in [-0.2, -0.15) is 5.26 Å². The third-order valence-electron chi connectivity index (χ3n) is 5.56. The molecule has 0 spiro atoms. The van der Waals surface area contributed by atoms with E-state index in [1.54, 1.807) is 5.38 Å². The van der Waals surface area contributed by atoms with Crippen LogP contribution in [0.4, 0.5) is 15.4 Å². The molecule has 3 aromatic rings. The summed E-state index contributed by atoms with van der Waals surface area (Å²) in [5.74, 6) is 2.72. The van der Waals surface area contributed by atoms with Gasteiger partial charge in [-0.1, -0.05) is 42.5 Å². The average Bonchev–Trinajstić information content (AvgIpc) is 3.53. The summed E-state index contributed by atoms with van der Waals surface area (Å²) in [5.41, 5.74) is 8.14. The van der Waals surface area contributed by atoms with E-state index in [9.17, 15) is 14.9 Å². The topological polar surface area (TPSA) is 130 Å². The Kier molecular flexibility index (Phi) is 6.48. The summed E-state index contributed by atoms with van der Waals surface area (Å²) in [7, 11) is 0. The van der Waals surface area contributed by atoms with E-state index in [1.807, 2.05) is 48.5 Å². The molecule has 1 aromatic heterocycles. The third kappa shape index (κ3) is 5.01. The Morgan fingerprint density at radius 2 is 2.03 bits per heavy atom. The molecule has 1 heterocycles. The molecule has 170 valence electrons. The summed E-state index contributed by atoms with van der Waals surface area (Å²) in [5, 5.41) is 17.2. The molecule has 0 aliphatic heterocycles. The van der Waals surface area contributed by atoms with Crippen molar-refractivity contribution >= 4 is 29.3 Å². The number of nitrogens with one attached hydrogen (secondary N) is 2. The van der Waals surface area contributed by atoms with Crippen LogP contribution < -0.4 is 16.4 Å². The molecule has 0 saturated heterocycles. The molecule has 1 aliphatic carbocycles. The largest absolute Gasteiger partial charge is 0.440 e. The van der Waals surface area contributed by atoms with Gasteiger partial charge in [-0.3, -0.25) is 5.32 Å². The first-order chi connectivity index (χ1) is 16.4. The highest BCUT2D eigenvalue weighted by atomic mass is 32.1. The first-order valence-electron chi connectivity index (χ1n) is 10.5. The molecule has 3 amide bonds. The number of primary amides is 1.